The zero-order chi connectivity index (χ0) is 15.5. The minimum Gasteiger partial charge on any atom is -0.314 e. The summed E-state index contributed by atoms with van der Waals surface area (Å²) in [5.74, 6) is 0. The van der Waals surface area contributed by atoms with E-state index in [4.69, 9.17) is 5.10 Å². The topological polar surface area (TPSA) is 36.3 Å². The molecule has 1 unspecified atom stereocenters. The lowest BCUT2D eigenvalue weighted by Gasteiger charge is -2.32. The third-order valence-electron chi connectivity index (χ3n) is 5.33. The van der Waals surface area contributed by atoms with Crippen LogP contribution < -0.4 is 5.32 Å². The maximum atomic E-state index is 4.72. The summed E-state index contributed by atoms with van der Waals surface area (Å²) >= 11 is 0. The van der Waals surface area contributed by atoms with Crippen molar-refractivity contribution >= 4 is 12.4 Å². The van der Waals surface area contributed by atoms with Gasteiger partial charge in [0.1, 0.15) is 0 Å². The van der Waals surface area contributed by atoms with Gasteiger partial charge in [0, 0.05) is 70.2 Å². The Labute approximate surface area is 146 Å². The minimum atomic E-state index is 0. The molecule has 3 rings (SSSR count). The van der Waals surface area contributed by atoms with Gasteiger partial charge in [-0.3, -0.25) is 14.5 Å². The van der Waals surface area contributed by atoms with E-state index in [1.807, 2.05) is 0 Å². The number of rotatable bonds is 5. The maximum Gasteiger partial charge on any atom is 0.0669 e. The summed E-state index contributed by atoms with van der Waals surface area (Å²) in [7, 11) is 2.09. The smallest absolute Gasteiger partial charge is 0.0669 e. The maximum absolute atomic E-state index is 4.72. The lowest BCUT2D eigenvalue weighted by atomic mass is 10.1. The fourth-order valence-corrected chi connectivity index (χ4v) is 4.10. The van der Waals surface area contributed by atoms with E-state index in [2.05, 4.69) is 40.7 Å². The Morgan fingerprint density at radius 1 is 1.13 bits per heavy atom. The number of halogens is 1. The molecule has 0 bridgehead atoms. The van der Waals surface area contributed by atoms with E-state index in [1.54, 1.807) is 0 Å². The third kappa shape index (κ3) is 4.08. The number of likely N-dealkylation sites (tertiary alicyclic amines) is 1. The molecule has 5 nitrogen and oxygen atoms in total. The van der Waals surface area contributed by atoms with Crippen LogP contribution in [0, 0.1) is 0 Å². The number of aromatic nitrogens is 2. The standard InChI is InChI=1S/C17H31N5.ClH/c1-4-16-15(17(5-2)20(3)19-16)13-21-9-6-14(12-21)22-10-7-18-8-11-22;/h14,18H,4-13H2,1-3H3;1H. The SMILES string of the molecule is CCc1nn(C)c(CC)c1CN1CCC(N2CCNCC2)C1.Cl. The van der Waals surface area contributed by atoms with E-state index in [0.29, 0.717) is 0 Å². The molecular weight excluding hydrogens is 310 g/mol. The van der Waals surface area contributed by atoms with E-state index < -0.39 is 0 Å². The van der Waals surface area contributed by atoms with E-state index >= 15 is 0 Å². The monoisotopic (exact) mass is 341 g/mol. The molecule has 0 radical (unpaired) electrons. The molecule has 0 spiro atoms. The van der Waals surface area contributed by atoms with E-state index in [-0.39, 0.29) is 12.4 Å². The van der Waals surface area contributed by atoms with Gasteiger partial charge in [-0.15, -0.1) is 12.4 Å². The van der Waals surface area contributed by atoms with Crippen LogP contribution in [-0.2, 0) is 26.4 Å². The second-order valence-electron chi connectivity index (χ2n) is 6.67. The van der Waals surface area contributed by atoms with Gasteiger partial charge in [0.2, 0.25) is 0 Å². The predicted octanol–water partition coefficient (Wildman–Crippen LogP) is 1.45. The highest BCUT2D eigenvalue weighted by atomic mass is 35.5. The fourth-order valence-electron chi connectivity index (χ4n) is 4.10. The first-order chi connectivity index (χ1) is 10.7. The Hall–Kier alpha value is -0.620. The molecule has 0 saturated carbocycles. The van der Waals surface area contributed by atoms with Gasteiger partial charge >= 0.3 is 0 Å². The van der Waals surface area contributed by atoms with Crippen molar-refractivity contribution in [2.24, 2.45) is 7.05 Å². The van der Waals surface area contributed by atoms with Crippen LogP contribution in [0.2, 0.25) is 0 Å². The van der Waals surface area contributed by atoms with Gasteiger partial charge in [-0.2, -0.15) is 5.10 Å². The van der Waals surface area contributed by atoms with Crippen molar-refractivity contribution in [1.29, 1.82) is 0 Å². The van der Waals surface area contributed by atoms with Crippen LogP contribution in [0.5, 0.6) is 0 Å². The Morgan fingerprint density at radius 3 is 2.52 bits per heavy atom. The summed E-state index contributed by atoms with van der Waals surface area (Å²) in [6.45, 7) is 12.7. The van der Waals surface area contributed by atoms with Gasteiger partial charge in [-0.1, -0.05) is 13.8 Å². The molecule has 132 valence electrons. The molecule has 2 aliphatic heterocycles. The lowest BCUT2D eigenvalue weighted by Crippen LogP contribution is -2.49. The van der Waals surface area contributed by atoms with E-state index in [9.17, 15) is 0 Å². The van der Waals surface area contributed by atoms with Gasteiger partial charge in [0.15, 0.2) is 0 Å². The van der Waals surface area contributed by atoms with Crippen molar-refractivity contribution in [3.8, 4) is 0 Å². The van der Waals surface area contributed by atoms with Crippen LogP contribution in [0.3, 0.4) is 0 Å². The average Bonchev–Trinajstić information content (AvgIpc) is 3.13. The minimum absolute atomic E-state index is 0. The number of hydrogen-bond acceptors (Lipinski definition) is 4. The zero-order valence-electron chi connectivity index (χ0n) is 14.8. The molecule has 2 aliphatic rings. The van der Waals surface area contributed by atoms with Crippen molar-refractivity contribution in [2.75, 3.05) is 39.3 Å². The van der Waals surface area contributed by atoms with Gasteiger partial charge in [0.05, 0.1) is 5.69 Å². The number of nitrogens with zero attached hydrogens (tertiary/aromatic N) is 4. The Balaban J connectivity index is 0.00000192. The highest BCUT2D eigenvalue weighted by molar-refractivity contribution is 5.85. The molecule has 2 saturated heterocycles. The molecule has 6 heteroatoms. The molecule has 1 aromatic heterocycles. The van der Waals surface area contributed by atoms with E-state index in [1.165, 1.54) is 49.6 Å². The lowest BCUT2D eigenvalue weighted by molar-refractivity contribution is 0.170. The quantitative estimate of drug-likeness (QED) is 0.879. The normalized spacial score (nSPS) is 23.2. The van der Waals surface area contributed by atoms with Gasteiger partial charge in [0.25, 0.3) is 0 Å². The first kappa shape index (κ1) is 18.7. The average molecular weight is 342 g/mol. The Bertz CT molecular complexity index is 495. The summed E-state index contributed by atoms with van der Waals surface area (Å²) in [4.78, 5) is 5.32. The Morgan fingerprint density at radius 2 is 1.87 bits per heavy atom. The van der Waals surface area contributed by atoms with Crippen molar-refractivity contribution in [3.63, 3.8) is 0 Å². The fraction of sp³-hybridized carbons (Fsp3) is 0.824. The highest BCUT2D eigenvalue weighted by Crippen LogP contribution is 2.22. The second kappa shape index (κ2) is 8.47. The zero-order valence-corrected chi connectivity index (χ0v) is 15.7. The summed E-state index contributed by atoms with van der Waals surface area (Å²) in [6, 6.07) is 0.758. The summed E-state index contributed by atoms with van der Waals surface area (Å²) in [5, 5.41) is 8.18. The number of piperazine rings is 1. The molecule has 0 aromatic carbocycles. The summed E-state index contributed by atoms with van der Waals surface area (Å²) < 4.78 is 2.10. The molecule has 3 heterocycles. The third-order valence-corrected chi connectivity index (χ3v) is 5.33. The van der Waals surface area contributed by atoms with Crippen molar-refractivity contribution in [2.45, 2.75) is 45.7 Å². The largest absolute Gasteiger partial charge is 0.314 e. The van der Waals surface area contributed by atoms with Crippen LogP contribution in [-0.4, -0.2) is 64.9 Å². The number of hydrogen-bond donors (Lipinski definition) is 1. The van der Waals surface area contributed by atoms with Gasteiger partial charge in [-0.05, 0) is 19.3 Å². The number of nitrogens with one attached hydrogen (secondary N) is 1. The second-order valence-corrected chi connectivity index (χ2v) is 6.67. The van der Waals surface area contributed by atoms with Crippen LogP contribution >= 0.6 is 12.4 Å². The number of aryl methyl sites for hydroxylation is 2. The van der Waals surface area contributed by atoms with Gasteiger partial charge < -0.3 is 5.32 Å². The van der Waals surface area contributed by atoms with Crippen LogP contribution in [0.15, 0.2) is 0 Å². The molecule has 0 aliphatic carbocycles. The molecule has 1 atom stereocenters. The first-order valence-electron chi connectivity index (χ1n) is 8.93. The van der Waals surface area contributed by atoms with Crippen LogP contribution in [0.1, 0.15) is 37.2 Å². The first-order valence-corrected chi connectivity index (χ1v) is 8.93. The summed E-state index contributed by atoms with van der Waals surface area (Å²) in [5.41, 5.74) is 4.21. The molecule has 1 N–H and O–H groups in total. The van der Waals surface area contributed by atoms with Crippen molar-refractivity contribution < 1.29 is 0 Å². The van der Waals surface area contributed by atoms with Crippen molar-refractivity contribution in [1.82, 2.24) is 24.9 Å². The Kier molecular flexibility index (Phi) is 6.89. The van der Waals surface area contributed by atoms with Crippen molar-refractivity contribution in [3.05, 3.63) is 17.0 Å². The molecule has 23 heavy (non-hydrogen) atoms. The molecule has 1 aromatic rings. The van der Waals surface area contributed by atoms with Gasteiger partial charge in [-0.25, -0.2) is 0 Å². The van der Waals surface area contributed by atoms with E-state index in [0.717, 1.165) is 38.5 Å². The molecule has 2 fully saturated rings. The molecular formula is C17H32ClN5. The van der Waals surface area contributed by atoms with Crippen LogP contribution in [0.4, 0.5) is 0 Å². The summed E-state index contributed by atoms with van der Waals surface area (Å²) in [6.07, 6.45) is 3.44. The highest BCUT2D eigenvalue weighted by Gasteiger charge is 2.29. The predicted molar refractivity (Wildman–Crippen MR) is 97.3 cm³/mol. The van der Waals surface area contributed by atoms with Crippen LogP contribution in [0.25, 0.3) is 0 Å². The molecule has 0 amide bonds.